The lowest BCUT2D eigenvalue weighted by Gasteiger charge is -2.30. The van der Waals surface area contributed by atoms with Gasteiger partial charge in [-0.05, 0) is 24.3 Å². The van der Waals surface area contributed by atoms with Crippen LogP contribution in [0.2, 0.25) is 0 Å². The van der Waals surface area contributed by atoms with Gasteiger partial charge in [0.05, 0.1) is 11.9 Å². The van der Waals surface area contributed by atoms with Crippen LogP contribution in [0.25, 0.3) is 0 Å². The summed E-state index contributed by atoms with van der Waals surface area (Å²) < 4.78 is 31.9. The van der Waals surface area contributed by atoms with Crippen LogP contribution in [-0.4, -0.2) is 45.4 Å². The molecule has 1 aliphatic heterocycles. The van der Waals surface area contributed by atoms with Crippen molar-refractivity contribution in [3.63, 3.8) is 0 Å². The predicted molar refractivity (Wildman–Crippen MR) is 95.5 cm³/mol. The largest absolute Gasteiger partial charge is 0.455 e. The number of rotatable bonds is 3. The highest BCUT2D eigenvalue weighted by molar-refractivity contribution is 7.85. The van der Waals surface area contributed by atoms with E-state index in [-0.39, 0.29) is 0 Å². The number of hydrogen-bond donors (Lipinski definition) is 2. The fraction of sp³-hybridized carbons (Fsp3) is 0.294. The first-order valence-corrected chi connectivity index (χ1v) is 9.48. The fourth-order valence-electron chi connectivity index (χ4n) is 2.33. The predicted octanol–water partition coefficient (Wildman–Crippen LogP) is 2.39. The molecule has 0 unspecified atom stereocenters. The molecular formula is C17H22N2O4S. The van der Waals surface area contributed by atoms with Crippen LogP contribution >= 0.6 is 0 Å². The number of para-hydroxylation sites is 3. The molecule has 7 heteroatoms. The maximum Gasteiger partial charge on any atom is 0.261 e. The molecule has 1 saturated heterocycles. The summed E-state index contributed by atoms with van der Waals surface area (Å²) in [6.07, 6.45) is 0.715. The van der Waals surface area contributed by atoms with Gasteiger partial charge in [0.1, 0.15) is 5.75 Å². The Bertz CT molecular complexity index is 721. The Kier molecular flexibility index (Phi) is 6.60. The average Bonchev–Trinajstić information content (AvgIpc) is 2.56. The molecule has 24 heavy (non-hydrogen) atoms. The smallest absolute Gasteiger partial charge is 0.261 e. The van der Waals surface area contributed by atoms with Gasteiger partial charge < -0.3 is 15.0 Å². The van der Waals surface area contributed by atoms with Crippen LogP contribution in [0.4, 0.5) is 5.69 Å². The van der Waals surface area contributed by atoms with Gasteiger partial charge in [-0.2, -0.15) is 8.42 Å². The third-order valence-corrected chi connectivity index (χ3v) is 3.29. The zero-order valence-electron chi connectivity index (χ0n) is 13.6. The van der Waals surface area contributed by atoms with Gasteiger partial charge in [-0.15, -0.1) is 0 Å². The highest BCUT2D eigenvalue weighted by atomic mass is 32.2. The highest BCUT2D eigenvalue weighted by Gasteiger charge is 2.14. The Hall–Kier alpha value is -2.09. The molecule has 0 aliphatic carbocycles. The minimum atomic E-state index is -3.67. The summed E-state index contributed by atoms with van der Waals surface area (Å²) in [5.74, 6) is 1.81. The number of anilines is 1. The molecule has 2 aromatic rings. The number of ether oxygens (including phenoxy) is 1. The van der Waals surface area contributed by atoms with Crippen molar-refractivity contribution >= 4 is 15.8 Å². The van der Waals surface area contributed by atoms with Crippen molar-refractivity contribution < 1.29 is 17.7 Å². The first-order chi connectivity index (χ1) is 11.4. The second-order valence-electron chi connectivity index (χ2n) is 5.35. The molecule has 0 aromatic heterocycles. The van der Waals surface area contributed by atoms with Crippen molar-refractivity contribution in [2.24, 2.45) is 0 Å². The Morgan fingerprint density at radius 1 is 1.00 bits per heavy atom. The maximum absolute atomic E-state index is 9.19. The van der Waals surface area contributed by atoms with Gasteiger partial charge in [-0.1, -0.05) is 30.3 Å². The van der Waals surface area contributed by atoms with Crippen molar-refractivity contribution in [1.82, 2.24) is 5.32 Å². The topological polar surface area (TPSA) is 78.9 Å². The third-order valence-electron chi connectivity index (χ3n) is 3.29. The standard InChI is InChI=1S/C16H18N2O.CH4O3S/c1-2-6-14(7-3-1)19-16-9-5-4-8-15(16)18-12-10-17-11-13-18;1-5(2,3)4/h1-9,17H,10-13H2;1H3,(H,2,3,4). The van der Waals surface area contributed by atoms with Crippen LogP contribution in [0.3, 0.4) is 0 Å². The van der Waals surface area contributed by atoms with E-state index in [9.17, 15) is 8.42 Å². The summed E-state index contributed by atoms with van der Waals surface area (Å²) in [4.78, 5) is 2.37. The summed E-state index contributed by atoms with van der Waals surface area (Å²) in [6.45, 7) is 4.10. The number of nitrogens with one attached hydrogen (secondary N) is 1. The van der Waals surface area contributed by atoms with E-state index in [2.05, 4.69) is 22.3 Å². The molecule has 6 nitrogen and oxygen atoms in total. The van der Waals surface area contributed by atoms with Gasteiger partial charge in [-0.25, -0.2) is 0 Å². The summed E-state index contributed by atoms with van der Waals surface area (Å²) in [5, 5.41) is 3.37. The molecule has 2 N–H and O–H groups in total. The lowest BCUT2D eigenvalue weighted by Crippen LogP contribution is -2.43. The van der Waals surface area contributed by atoms with E-state index >= 15 is 0 Å². The van der Waals surface area contributed by atoms with Crippen LogP contribution in [0.15, 0.2) is 54.6 Å². The first kappa shape index (κ1) is 18.3. The van der Waals surface area contributed by atoms with Gasteiger partial charge >= 0.3 is 0 Å². The van der Waals surface area contributed by atoms with E-state index in [0.717, 1.165) is 37.7 Å². The molecule has 0 saturated carbocycles. The number of benzene rings is 2. The third kappa shape index (κ3) is 6.57. The molecule has 0 amide bonds. The molecule has 130 valence electrons. The van der Waals surface area contributed by atoms with Crippen molar-refractivity contribution in [1.29, 1.82) is 0 Å². The van der Waals surface area contributed by atoms with Gasteiger partial charge in [-0.3, -0.25) is 4.55 Å². The summed E-state index contributed by atoms with van der Waals surface area (Å²) in [6, 6.07) is 18.2. The minimum Gasteiger partial charge on any atom is -0.455 e. The van der Waals surface area contributed by atoms with E-state index in [1.165, 1.54) is 5.69 Å². The van der Waals surface area contributed by atoms with Crippen LogP contribution < -0.4 is 15.0 Å². The molecular weight excluding hydrogens is 328 g/mol. The van der Waals surface area contributed by atoms with Gasteiger partial charge in [0.25, 0.3) is 10.1 Å². The van der Waals surface area contributed by atoms with E-state index in [1.54, 1.807) is 0 Å². The Morgan fingerprint density at radius 2 is 1.54 bits per heavy atom. The SMILES string of the molecule is CS(=O)(=O)O.c1ccc(Oc2ccccc2N2CCNCC2)cc1. The van der Waals surface area contributed by atoms with E-state index in [4.69, 9.17) is 9.29 Å². The van der Waals surface area contributed by atoms with E-state index in [0.29, 0.717) is 6.26 Å². The summed E-state index contributed by atoms with van der Waals surface area (Å²) in [5.41, 5.74) is 1.17. The number of piperazine rings is 1. The molecule has 0 bridgehead atoms. The van der Waals surface area contributed by atoms with Crippen LogP contribution in [0, 0.1) is 0 Å². The van der Waals surface area contributed by atoms with Crippen LogP contribution in [0.5, 0.6) is 11.5 Å². The Labute approximate surface area is 142 Å². The Morgan fingerprint density at radius 3 is 2.17 bits per heavy atom. The van der Waals surface area contributed by atoms with E-state index < -0.39 is 10.1 Å². The maximum atomic E-state index is 9.19. The molecule has 0 spiro atoms. The summed E-state index contributed by atoms with van der Waals surface area (Å²) >= 11 is 0. The number of hydrogen-bond acceptors (Lipinski definition) is 5. The quantitative estimate of drug-likeness (QED) is 0.828. The monoisotopic (exact) mass is 350 g/mol. The summed E-state index contributed by atoms with van der Waals surface area (Å²) in [7, 11) is -3.67. The van der Waals surface area contributed by atoms with Gasteiger partial charge in [0, 0.05) is 26.2 Å². The molecule has 0 radical (unpaired) electrons. The Balaban J connectivity index is 0.000000368. The zero-order chi connectivity index (χ0) is 17.4. The van der Waals surface area contributed by atoms with Crippen molar-refractivity contribution in [3.8, 4) is 11.5 Å². The molecule has 2 aromatic carbocycles. The number of nitrogens with zero attached hydrogens (tertiary/aromatic N) is 1. The van der Waals surface area contributed by atoms with Crippen molar-refractivity contribution in [3.05, 3.63) is 54.6 Å². The first-order valence-electron chi connectivity index (χ1n) is 7.63. The van der Waals surface area contributed by atoms with Gasteiger partial charge in [0.2, 0.25) is 0 Å². The van der Waals surface area contributed by atoms with E-state index in [1.807, 2.05) is 42.5 Å². The minimum absolute atomic E-state index is 0.715. The van der Waals surface area contributed by atoms with Crippen LogP contribution in [0.1, 0.15) is 0 Å². The van der Waals surface area contributed by atoms with Crippen molar-refractivity contribution in [2.45, 2.75) is 0 Å². The second-order valence-corrected chi connectivity index (χ2v) is 6.82. The average molecular weight is 350 g/mol. The molecule has 1 aliphatic rings. The van der Waals surface area contributed by atoms with Crippen LogP contribution in [-0.2, 0) is 10.1 Å². The van der Waals surface area contributed by atoms with Gasteiger partial charge in [0.15, 0.2) is 5.75 Å². The second kappa shape index (κ2) is 8.68. The molecule has 0 atom stereocenters. The lowest BCUT2D eigenvalue weighted by atomic mass is 10.2. The molecule has 3 rings (SSSR count). The normalized spacial score (nSPS) is 14.5. The zero-order valence-corrected chi connectivity index (χ0v) is 14.4. The molecule has 1 fully saturated rings. The molecule has 1 heterocycles. The van der Waals surface area contributed by atoms with Crippen molar-refractivity contribution in [2.75, 3.05) is 37.3 Å². The highest BCUT2D eigenvalue weighted by Crippen LogP contribution is 2.32. The lowest BCUT2D eigenvalue weighted by molar-refractivity contribution is 0.478. The fourth-order valence-corrected chi connectivity index (χ4v) is 2.33.